The molecule has 0 atom stereocenters. The Hall–Kier alpha value is -1.38. The number of anilines is 1. The van der Waals surface area contributed by atoms with E-state index in [4.69, 9.17) is 4.42 Å². The van der Waals surface area contributed by atoms with Crippen LogP contribution in [0.4, 0.5) is 5.13 Å². The second-order valence-corrected chi connectivity index (χ2v) is 8.02. The Bertz CT molecular complexity index is 705. The zero-order valence-corrected chi connectivity index (χ0v) is 14.7. The molecule has 22 heavy (non-hydrogen) atoms. The van der Waals surface area contributed by atoms with Gasteiger partial charge in [-0.25, -0.2) is 4.98 Å². The lowest BCUT2D eigenvalue weighted by molar-refractivity contribution is 0.518. The highest BCUT2D eigenvalue weighted by Gasteiger charge is 2.09. The van der Waals surface area contributed by atoms with Crippen molar-refractivity contribution in [3.8, 4) is 0 Å². The van der Waals surface area contributed by atoms with Gasteiger partial charge in [0.15, 0.2) is 4.34 Å². The van der Waals surface area contributed by atoms with E-state index in [1.165, 1.54) is 5.01 Å². The Morgan fingerprint density at radius 1 is 1.36 bits per heavy atom. The highest BCUT2D eigenvalue weighted by Crippen LogP contribution is 2.29. The Morgan fingerprint density at radius 2 is 2.27 bits per heavy atom. The van der Waals surface area contributed by atoms with Gasteiger partial charge in [0.1, 0.15) is 5.76 Å². The summed E-state index contributed by atoms with van der Waals surface area (Å²) in [5.74, 6) is 2.20. The first-order chi connectivity index (χ1) is 10.7. The van der Waals surface area contributed by atoms with Crippen LogP contribution in [-0.2, 0) is 12.3 Å². The van der Waals surface area contributed by atoms with Crippen LogP contribution in [0.1, 0.15) is 36.2 Å². The van der Waals surface area contributed by atoms with Crippen LogP contribution in [0.5, 0.6) is 0 Å². The first-order valence-electron chi connectivity index (χ1n) is 6.87. The van der Waals surface area contributed by atoms with Crippen molar-refractivity contribution in [2.75, 3.05) is 5.32 Å². The normalized spacial score (nSPS) is 11.2. The van der Waals surface area contributed by atoms with Gasteiger partial charge in [0.25, 0.3) is 0 Å². The molecule has 3 heterocycles. The number of aromatic nitrogens is 3. The van der Waals surface area contributed by atoms with E-state index in [9.17, 15) is 0 Å². The summed E-state index contributed by atoms with van der Waals surface area (Å²) < 4.78 is 6.22. The molecule has 1 N–H and O–H groups in total. The van der Waals surface area contributed by atoms with Gasteiger partial charge in [-0.05, 0) is 12.1 Å². The fourth-order valence-electron chi connectivity index (χ4n) is 1.71. The predicted molar refractivity (Wildman–Crippen MR) is 91.7 cm³/mol. The summed E-state index contributed by atoms with van der Waals surface area (Å²) in [6.45, 7) is 4.95. The van der Waals surface area contributed by atoms with E-state index < -0.39 is 0 Å². The van der Waals surface area contributed by atoms with E-state index in [1.807, 2.05) is 12.1 Å². The lowest BCUT2D eigenvalue weighted by atomic mass is 10.2. The fraction of sp³-hybridized carbons (Fsp3) is 0.357. The predicted octanol–water partition coefficient (Wildman–Crippen LogP) is 4.62. The van der Waals surface area contributed by atoms with Gasteiger partial charge in [-0.1, -0.05) is 36.9 Å². The van der Waals surface area contributed by atoms with Crippen LogP contribution in [0, 0.1) is 0 Å². The molecule has 0 aliphatic rings. The molecule has 0 aromatic carbocycles. The van der Waals surface area contributed by atoms with E-state index >= 15 is 0 Å². The quantitative estimate of drug-likeness (QED) is 0.626. The Balaban J connectivity index is 1.50. The van der Waals surface area contributed by atoms with Crippen LogP contribution in [0.15, 0.2) is 32.5 Å². The number of hydrogen-bond donors (Lipinski definition) is 1. The monoisotopic (exact) mass is 352 g/mol. The molecule has 8 heteroatoms. The number of nitrogens with zero attached hydrogens (tertiary/aromatic N) is 3. The average Bonchev–Trinajstić information content (AvgIpc) is 3.24. The van der Waals surface area contributed by atoms with Gasteiger partial charge in [0.05, 0.1) is 23.5 Å². The number of furan rings is 1. The van der Waals surface area contributed by atoms with Crippen LogP contribution < -0.4 is 5.32 Å². The molecule has 0 radical (unpaired) electrons. The lowest BCUT2D eigenvalue weighted by Gasteiger charge is -1.97. The zero-order valence-electron chi connectivity index (χ0n) is 12.3. The molecule has 0 saturated carbocycles. The van der Waals surface area contributed by atoms with Crippen LogP contribution in [-0.4, -0.2) is 15.2 Å². The summed E-state index contributed by atoms with van der Waals surface area (Å²) in [6, 6.07) is 3.80. The molecule has 0 fully saturated rings. The third-order valence-corrected chi connectivity index (χ3v) is 6.05. The van der Waals surface area contributed by atoms with E-state index in [2.05, 4.69) is 39.7 Å². The molecule has 0 aliphatic carbocycles. The third-order valence-electron chi connectivity index (χ3n) is 2.81. The average molecular weight is 353 g/mol. The SMILES string of the molecule is CC(C)c1nc(CSc2nnc(NCc3ccco3)s2)cs1. The molecule has 3 rings (SSSR count). The first-order valence-corrected chi connectivity index (χ1v) is 9.55. The summed E-state index contributed by atoms with van der Waals surface area (Å²) in [5, 5.41) is 15.7. The van der Waals surface area contributed by atoms with Gasteiger partial charge >= 0.3 is 0 Å². The largest absolute Gasteiger partial charge is 0.467 e. The molecule has 0 bridgehead atoms. The molecule has 5 nitrogen and oxygen atoms in total. The summed E-state index contributed by atoms with van der Waals surface area (Å²) >= 11 is 4.94. The van der Waals surface area contributed by atoms with Crippen molar-refractivity contribution in [2.45, 2.75) is 36.4 Å². The molecule has 0 amide bonds. The molecule has 3 aromatic rings. The molecular formula is C14H16N4OS3. The maximum absolute atomic E-state index is 5.27. The van der Waals surface area contributed by atoms with Crippen molar-refractivity contribution in [2.24, 2.45) is 0 Å². The minimum atomic E-state index is 0.489. The van der Waals surface area contributed by atoms with Gasteiger partial charge in [-0.15, -0.1) is 21.5 Å². The highest BCUT2D eigenvalue weighted by atomic mass is 32.2. The van der Waals surface area contributed by atoms with Crippen LogP contribution in [0.3, 0.4) is 0 Å². The number of rotatable bonds is 7. The van der Waals surface area contributed by atoms with Gasteiger partial charge < -0.3 is 9.73 Å². The Morgan fingerprint density at radius 3 is 3.00 bits per heavy atom. The Labute approximate surface area is 141 Å². The van der Waals surface area contributed by atoms with Crippen molar-refractivity contribution in [3.63, 3.8) is 0 Å². The Kier molecular flexibility index (Phi) is 5.12. The number of hydrogen-bond acceptors (Lipinski definition) is 8. The molecule has 116 valence electrons. The number of thiazole rings is 1. The summed E-state index contributed by atoms with van der Waals surface area (Å²) in [4.78, 5) is 4.63. The smallest absolute Gasteiger partial charge is 0.206 e. The molecule has 0 aliphatic heterocycles. The summed E-state index contributed by atoms with van der Waals surface area (Å²) in [6.07, 6.45) is 1.66. The standard InChI is InChI=1S/C14H16N4OS3/c1-9(2)12-16-10(7-20-12)8-21-14-18-17-13(22-14)15-6-11-4-3-5-19-11/h3-5,7,9H,6,8H2,1-2H3,(H,15,17). The summed E-state index contributed by atoms with van der Waals surface area (Å²) in [7, 11) is 0. The van der Waals surface area contributed by atoms with Crippen molar-refractivity contribution in [1.82, 2.24) is 15.2 Å². The van der Waals surface area contributed by atoms with E-state index in [0.29, 0.717) is 12.5 Å². The molecule has 0 saturated heterocycles. The van der Waals surface area contributed by atoms with Gasteiger partial charge in [0, 0.05) is 17.1 Å². The first kappa shape index (κ1) is 15.5. The number of thioether (sulfide) groups is 1. The molecule has 0 unspecified atom stereocenters. The highest BCUT2D eigenvalue weighted by molar-refractivity contribution is 8.00. The second kappa shape index (κ2) is 7.26. The molecular weight excluding hydrogens is 336 g/mol. The third kappa shape index (κ3) is 4.08. The topological polar surface area (TPSA) is 63.8 Å². The minimum absolute atomic E-state index is 0.489. The van der Waals surface area contributed by atoms with E-state index in [-0.39, 0.29) is 0 Å². The van der Waals surface area contributed by atoms with Crippen LogP contribution in [0.2, 0.25) is 0 Å². The van der Waals surface area contributed by atoms with Gasteiger partial charge in [-0.2, -0.15) is 0 Å². The lowest BCUT2D eigenvalue weighted by Crippen LogP contribution is -1.96. The van der Waals surface area contributed by atoms with Crippen molar-refractivity contribution >= 4 is 39.6 Å². The van der Waals surface area contributed by atoms with Crippen molar-refractivity contribution < 1.29 is 4.42 Å². The van der Waals surface area contributed by atoms with Crippen molar-refractivity contribution in [1.29, 1.82) is 0 Å². The zero-order chi connectivity index (χ0) is 15.4. The van der Waals surface area contributed by atoms with E-state index in [0.717, 1.165) is 26.7 Å². The maximum atomic E-state index is 5.27. The van der Waals surface area contributed by atoms with Crippen LogP contribution in [0.25, 0.3) is 0 Å². The fourth-order valence-corrected chi connectivity index (χ4v) is 4.29. The number of nitrogens with one attached hydrogen (secondary N) is 1. The van der Waals surface area contributed by atoms with Gasteiger partial charge in [0.2, 0.25) is 5.13 Å². The van der Waals surface area contributed by atoms with Gasteiger partial charge in [-0.3, -0.25) is 0 Å². The van der Waals surface area contributed by atoms with Crippen molar-refractivity contribution in [3.05, 3.63) is 40.2 Å². The maximum Gasteiger partial charge on any atom is 0.206 e. The summed E-state index contributed by atoms with van der Waals surface area (Å²) in [5.41, 5.74) is 1.11. The van der Waals surface area contributed by atoms with E-state index in [1.54, 1.807) is 40.7 Å². The minimum Gasteiger partial charge on any atom is -0.467 e. The molecule has 0 spiro atoms. The molecule has 3 aromatic heterocycles. The van der Waals surface area contributed by atoms with Crippen LogP contribution >= 0.6 is 34.4 Å². The second-order valence-electron chi connectivity index (χ2n) is 4.93.